The Hall–Kier alpha value is -3.84. The summed E-state index contributed by atoms with van der Waals surface area (Å²) in [6.07, 6.45) is 3.25. The van der Waals surface area contributed by atoms with Gasteiger partial charge in [0.1, 0.15) is 12.4 Å². The predicted octanol–water partition coefficient (Wildman–Crippen LogP) is 4.87. The zero-order chi connectivity index (χ0) is 24.3. The number of para-hydroxylation sites is 2. The quantitative estimate of drug-likeness (QED) is 0.370. The van der Waals surface area contributed by atoms with E-state index < -0.39 is 0 Å². The Balaban J connectivity index is 1.24. The van der Waals surface area contributed by atoms with E-state index in [0.29, 0.717) is 36.6 Å². The zero-order valence-corrected chi connectivity index (χ0v) is 19.7. The molecule has 1 fully saturated rings. The Morgan fingerprint density at radius 1 is 0.886 bits per heavy atom. The molecule has 4 rings (SSSR count). The topological polar surface area (TPSA) is 88.7 Å². The number of rotatable bonds is 11. The Morgan fingerprint density at radius 2 is 1.63 bits per heavy atom. The van der Waals surface area contributed by atoms with Crippen LogP contribution in [0.1, 0.15) is 24.8 Å². The van der Waals surface area contributed by atoms with Gasteiger partial charge >= 0.3 is 0 Å². The normalized spacial score (nSPS) is 14.8. The van der Waals surface area contributed by atoms with Crippen molar-refractivity contribution in [1.29, 1.82) is 0 Å². The predicted molar refractivity (Wildman–Crippen MR) is 138 cm³/mol. The molecule has 0 saturated carbocycles. The Morgan fingerprint density at radius 3 is 2.40 bits per heavy atom. The van der Waals surface area contributed by atoms with Crippen molar-refractivity contribution in [3.05, 3.63) is 84.4 Å². The lowest BCUT2D eigenvalue weighted by molar-refractivity contribution is -0.116. The maximum atomic E-state index is 12.5. The first-order valence-electron chi connectivity index (χ1n) is 12.0. The smallest absolute Gasteiger partial charge is 0.243 e. The lowest BCUT2D eigenvalue weighted by Crippen LogP contribution is -2.22. The first-order chi connectivity index (χ1) is 17.2. The average molecular weight is 474 g/mol. The molecule has 0 aliphatic carbocycles. The number of carbonyl (C=O) groups excluding carboxylic acids is 2. The Kier molecular flexibility index (Phi) is 8.73. The van der Waals surface area contributed by atoms with Crippen molar-refractivity contribution in [2.24, 2.45) is 0 Å². The van der Waals surface area contributed by atoms with E-state index in [0.717, 1.165) is 30.7 Å². The molecule has 0 aromatic heterocycles. The fourth-order valence-corrected chi connectivity index (χ4v) is 3.88. The van der Waals surface area contributed by atoms with Crippen LogP contribution < -0.4 is 20.7 Å². The molecule has 2 amide bonds. The monoisotopic (exact) mass is 473 g/mol. The number of hydrogen-bond donors (Lipinski definition) is 3. The highest BCUT2D eigenvalue weighted by atomic mass is 16.5. The largest absolute Gasteiger partial charge is 0.489 e. The molecule has 7 nitrogen and oxygen atoms in total. The van der Waals surface area contributed by atoms with E-state index in [-0.39, 0.29) is 24.5 Å². The van der Waals surface area contributed by atoms with Gasteiger partial charge in [-0.2, -0.15) is 0 Å². The number of nitrogens with one attached hydrogen (secondary N) is 3. The van der Waals surface area contributed by atoms with Gasteiger partial charge in [-0.1, -0.05) is 48.5 Å². The average Bonchev–Trinajstić information content (AvgIpc) is 3.40. The fourth-order valence-electron chi connectivity index (χ4n) is 3.88. The van der Waals surface area contributed by atoms with Gasteiger partial charge in [0.15, 0.2) is 0 Å². The molecule has 182 valence electrons. The molecule has 35 heavy (non-hydrogen) atoms. The molecule has 1 aliphatic rings. The Bertz CT molecular complexity index is 1110. The molecular formula is C28H31N3O4. The van der Waals surface area contributed by atoms with Gasteiger partial charge in [0.2, 0.25) is 11.8 Å². The van der Waals surface area contributed by atoms with Gasteiger partial charge in [0.25, 0.3) is 0 Å². The van der Waals surface area contributed by atoms with Crippen LogP contribution in [-0.2, 0) is 20.7 Å². The third kappa shape index (κ3) is 7.86. The van der Waals surface area contributed by atoms with Crippen molar-refractivity contribution < 1.29 is 19.1 Å². The van der Waals surface area contributed by atoms with Gasteiger partial charge in [-0.25, -0.2) is 0 Å². The molecule has 1 heterocycles. The summed E-state index contributed by atoms with van der Waals surface area (Å²) in [6, 6.07) is 24.6. The van der Waals surface area contributed by atoms with Crippen molar-refractivity contribution in [2.75, 3.05) is 35.7 Å². The number of anilines is 3. The van der Waals surface area contributed by atoms with Gasteiger partial charge < -0.3 is 25.4 Å². The lowest BCUT2D eigenvalue weighted by Gasteiger charge is -2.15. The van der Waals surface area contributed by atoms with Crippen LogP contribution in [0.3, 0.4) is 0 Å². The second-order valence-corrected chi connectivity index (χ2v) is 8.46. The summed E-state index contributed by atoms with van der Waals surface area (Å²) in [4.78, 5) is 24.9. The number of ether oxygens (including phenoxy) is 2. The van der Waals surface area contributed by atoms with E-state index in [4.69, 9.17) is 9.47 Å². The van der Waals surface area contributed by atoms with E-state index >= 15 is 0 Å². The van der Waals surface area contributed by atoms with Crippen LogP contribution in [0.15, 0.2) is 78.9 Å². The molecular weight excluding hydrogens is 442 g/mol. The van der Waals surface area contributed by atoms with Gasteiger partial charge in [-0.05, 0) is 55.2 Å². The summed E-state index contributed by atoms with van der Waals surface area (Å²) in [7, 11) is 0. The fraction of sp³-hybridized carbons (Fsp3) is 0.286. The van der Waals surface area contributed by atoms with Gasteiger partial charge in [-0.15, -0.1) is 0 Å². The second-order valence-electron chi connectivity index (χ2n) is 8.46. The van der Waals surface area contributed by atoms with E-state index in [2.05, 4.69) is 16.0 Å². The van der Waals surface area contributed by atoms with Crippen molar-refractivity contribution >= 4 is 28.9 Å². The summed E-state index contributed by atoms with van der Waals surface area (Å²) in [5.41, 5.74) is 3.12. The summed E-state index contributed by atoms with van der Waals surface area (Å²) in [5.74, 6) is 0.418. The van der Waals surface area contributed by atoms with Gasteiger partial charge in [0, 0.05) is 24.4 Å². The van der Waals surface area contributed by atoms with Crippen LogP contribution in [0.25, 0.3) is 0 Å². The highest BCUT2D eigenvalue weighted by Gasteiger charge is 2.17. The summed E-state index contributed by atoms with van der Waals surface area (Å²) in [5, 5.41) is 8.90. The van der Waals surface area contributed by atoms with Gasteiger partial charge in [0.05, 0.1) is 18.3 Å². The number of carbonyl (C=O) groups is 2. The van der Waals surface area contributed by atoms with E-state index in [9.17, 15) is 9.59 Å². The maximum Gasteiger partial charge on any atom is 0.243 e. The van der Waals surface area contributed by atoms with Crippen molar-refractivity contribution in [2.45, 2.75) is 31.8 Å². The molecule has 1 aliphatic heterocycles. The van der Waals surface area contributed by atoms with E-state index in [1.54, 1.807) is 24.3 Å². The first kappa shape index (κ1) is 24.3. The molecule has 7 heteroatoms. The molecule has 0 spiro atoms. The third-order valence-corrected chi connectivity index (χ3v) is 5.69. The summed E-state index contributed by atoms with van der Waals surface area (Å²) >= 11 is 0. The summed E-state index contributed by atoms with van der Waals surface area (Å²) < 4.78 is 11.5. The molecule has 3 aromatic carbocycles. The standard InChI is InChI=1S/C28H31N3O4/c32-27(16-15-21-8-2-1-3-9-21)30-22-10-6-11-23(18-22)31-28(33)19-29-25-13-4-5-14-26(25)35-20-24-12-7-17-34-24/h1-6,8-11,13-14,18,24,29H,7,12,15-17,19-20H2,(H,30,32)(H,31,33). The molecule has 1 unspecified atom stereocenters. The third-order valence-electron chi connectivity index (χ3n) is 5.69. The molecule has 1 atom stereocenters. The van der Waals surface area contributed by atoms with Crippen LogP contribution >= 0.6 is 0 Å². The van der Waals surface area contributed by atoms with Gasteiger partial charge in [-0.3, -0.25) is 9.59 Å². The highest BCUT2D eigenvalue weighted by Crippen LogP contribution is 2.25. The minimum Gasteiger partial charge on any atom is -0.489 e. The number of hydrogen-bond acceptors (Lipinski definition) is 5. The first-order valence-corrected chi connectivity index (χ1v) is 12.0. The molecule has 3 aromatic rings. The van der Waals surface area contributed by atoms with Crippen LogP contribution in [0.2, 0.25) is 0 Å². The van der Waals surface area contributed by atoms with Crippen LogP contribution in [0, 0.1) is 0 Å². The van der Waals surface area contributed by atoms with Crippen LogP contribution in [0.4, 0.5) is 17.1 Å². The van der Waals surface area contributed by atoms with Crippen molar-refractivity contribution in [1.82, 2.24) is 0 Å². The lowest BCUT2D eigenvalue weighted by atomic mass is 10.1. The minimum atomic E-state index is -0.202. The Labute approximate surface area is 205 Å². The minimum absolute atomic E-state index is 0.0707. The van der Waals surface area contributed by atoms with Crippen LogP contribution in [-0.4, -0.2) is 37.7 Å². The number of benzene rings is 3. The molecule has 1 saturated heterocycles. The zero-order valence-electron chi connectivity index (χ0n) is 19.7. The summed E-state index contributed by atoms with van der Waals surface area (Å²) in [6.45, 7) is 1.36. The van der Waals surface area contributed by atoms with Crippen LogP contribution in [0.5, 0.6) is 5.75 Å². The van der Waals surface area contributed by atoms with Crippen molar-refractivity contribution in [3.63, 3.8) is 0 Å². The number of amides is 2. The maximum absolute atomic E-state index is 12.5. The molecule has 0 bridgehead atoms. The van der Waals surface area contributed by atoms with Crippen molar-refractivity contribution in [3.8, 4) is 5.75 Å². The SMILES string of the molecule is O=C(CCc1ccccc1)Nc1cccc(NC(=O)CNc2ccccc2OCC2CCCO2)c1. The highest BCUT2D eigenvalue weighted by molar-refractivity contribution is 5.96. The number of aryl methyl sites for hydroxylation is 1. The van der Waals surface area contributed by atoms with E-state index in [1.807, 2.05) is 54.6 Å². The molecule has 0 radical (unpaired) electrons. The van der Waals surface area contributed by atoms with E-state index in [1.165, 1.54) is 0 Å². The second kappa shape index (κ2) is 12.6. The molecule has 3 N–H and O–H groups in total.